The van der Waals surface area contributed by atoms with Crippen molar-refractivity contribution in [3.05, 3.63) is 55.0 Å². The number of carbonyl (C=O) groups excluding carboxylic acids is 1. The highest BCUT2D eigenvalue weighted by atomic mass is 16.2. The van der Waals surface area contributed by atoms with Crippen LogP contribution in [0.3, 0.4) is 0 Å². The molecule has 3 heterocycles. The molecule has 2 amide bonds. The second-order valence-corrected chi connectivity index (χ2v) is 6.01. The van der Waals surface area contributed by atoms with E-state index in [1.54, 1.807) is 6.20 Å². The lowest BCUT2D eigenvalue weighted by Gasteiger charge is -2.32. The summed E-state index contributed by atoms with van der Waals surface area (Å²) in [5.74, 6) is 0. The zero-order chi connectivity index (χ0) is 16.4. The van der Waals surface area contributed by atoms with Gasteiger partial charge in [-0.3, -0.25) is 0 Å². The Morgan fingerprint density at radius 1 is 1.04 bits per heavy atom. The van der Waals surface area contributed by atoms with Crippen LogP contribution in [0.2, 0.25) is 0 Å². The van der Waals surface area contributed by atoms with Crippen molar-refractivity contribution in [1.82, 2.24) is 19.4 Å². The number of aromatic nitrogens is 3. The number of likely N-dealkylation sites (tertiary alicyclic amines) is 1. The summed E-state index contributed by atoms with van der Waals surface area (Å²) in [7, 11) is 0. The van der Waals surface area contributed by atoms with Gasteiger partial charge < -0.3 is 14.8 Å². The number of anilines is 1. The minimum Gasteiger partial charge on any atom is -0.324 e. The van der Waals surface area contributed by atoms with Gasteiger partial charge in [0.2, 0.25) is 0 Å². The van der Waals surface area contributed by atoms with Gasteiger partial charge in [0.15, 0.2) is 5.65 Å². The first kappa shape index (κ1) is 14.7. The molecule has 0 atom stereocenters. The molecule has 0 radical (unpaired) electrons. The van der Waals surface area contributed by atoms with Crippen LogP contribution in [-0.4, -0.2) is 38.6 Å². The van der Waals surface area contributed by atoms with Crippen LogP contribution in [0, 0.1) is 0 Å². The Morgan fingerprint density at radius 3 is 2.62 bits per heavy atom. The van der Waals surface area contributed by atoms with E-state index in [2.05, 4.69) is 19.9 Å². The van der Waals surface area contributed by atoms with Crippen molar-refractivity contribution in [1.29, 1.82) is 0 Å². The fourth-order valence-electron chi connectivity index (χ4n) is 3.21. The first-order valence-electron chi connectivity index (χ1n) is 8.20. The Balaban J connectivity index is 1.41. The number of amides is 2. The van der Waals surface area contributed by atoms with Crippen molar-refractivity contribution in [3.63, 3.8) is 0 Å². The number of benzene rings is 1. The molecule has 6 heteroatoms. The molecule has 1 aliphatic heterocycles. The molecule has 0 bridgehead atoms. The molecule has 1 aliphatic rings. The van der Waals surface area contributed by atoms with Gasteiger partial charge >= 0.3 is 6.03 Å². The summed E-state index contributed by atoms with van der Waals surface area (Å²) in [6.45, 7) is 1.46. The van der Waals surface area contributed by atoms with Crippen LogP contribution >= 0.6 is 0 Å². The highest BCUT2D eigenvalue weighted by Crippen LogP contribution is 2.26. The van der Waals surface area contributed by atoms with Crippen LogP contribution in [0.25, 0.3) is 11.2 Å². The zero-order valence-corrected chi connectivity index (χ0v) is 13.3. The quantitative estimate of drug-likeness (QED) is 0.787. The lowest BCUT2D eigenvalue weighted by molar-refractivity contribution is 0.184. The fourth-order valence-corrected chi connectivity index (χ4v) is 3.21. The SMILES string of the molecule is O=C(Nc1ccccc1)N1CCC(n2cnc3cccnc32)CC1. The van der Waals surface area contributed by atoms with Crippen LogP contribution < -0.4 is 5.32 Å². The average molecular weight is 321 g/mol. The maximum Gasteiger partial charge on any atom is 0.321 e. The van der Waals surface area contributed by atoms with Gasteiger partial charge in [-0.05, 0) is 37.1 Å². The third-order valence-corrected chi connectivity index (χ3v) is 4.50. The smallest absolute Gasteiger partial charge is 0.321 e. The molecular formula is C18H19N5O. The van der Waals surface area contributed by atoms with Crippen molar-refractivity contribution >= 4 is 22.9 Å². The predicted molar refractivity (Wildman–Crippen MR) is 92.8 cm³/mol. The highest BCUT2D eigenvalue weighted by Gasteiger charge is 2.25. The molecule has 0 saturated carbocycles. The van der Waals surface area contributed by atoms with Gasteiger partial charge in [-0.1, -0.05) is 18.2 Å². The van der Waals surface area contributed by atoms with E-state index in [-0.39, 0.29) is 6.03 Å². The molecule has 2 aromatic heterocycles. The Hall–Kier alpha value is -2.89. The molecule has 1 saturated heterocycles. The topological polar surface area (TPSA) is 63.1 Å². The average Bonchev–Trinajstić information content (AvgIpc) is 3.07. The number of nitrogens with one attached hydrogen (secondary N) is 1. The number of para-hydroxylation sites is 1. The molecular weight excluding hydrogens is 302 g/mol. The largest absolute Gasteiger partial charge is 0.324 e. The summed E-state index contributed by atoms with van der Waals surface area (Å²) in [4.78, 5) is 23.1. The monoisotopic (exact) mass is 321 g/mol. The minimum absolute atomic E-state index is 0.0340. The van der Waals surface area contributed by atoms with E-state index >= 15 is 0 Å². The number of nitrogens with zero attached hydrogens (tertiary/aromatic N) is 4. The van der Waals surface area contributed by atoms with Gasteiger partial charge in [-0.25, -0.2) is 14.8 Å². The Labute approximate surface area is 140 Å². The number of imidazole rings is 1. The molecule has 0 spiro atoms. The maximum absolute atomic E-state index is 12.4. The number of piperidine rings is 1. The van der Waals surface area contributed by atoms with E-state index in [1.165, 1.54) is 0 Å². The third-order valence-electron chi connectivity index (χ3n) is 4.50. The normalized spacial score (nSPS) is 15.6. The highest BCUT2D eigenvalue weighted by molar-refractivity contribution is 5.89. The summed E-state index contributed by atoms with van der Waals surface area (Å²) in [5.41, 5.74) is 2.67. The molecule has 4 rings (SSSR count). The molecule has 24 heavy (non-hydrogen) atoms. The number of hydrogen-bond acceptors (Lipinski definition) is 3. The van der Waals surface area contributed by atoms with E-state index in [9.17, 15) is 4.79 Å². The van der Waals surface area contributed by atoms with Gasteiger partial charge in [0, 0.05) is 31.0 Å². The number of fused-ring (bicyclic) bond motifs is 1. The minimum atomic E-state index is -0.0340. The van der Waals surface area contributed by atoms with Crippen molar-refractivity contribution in [2.45, 2.75) is 18.9 Å². The standard InChI is InChI=1S/C18H19N5O/c24-18(21-14-5-2-1-3-6-14)22-11-8-15(9-12-22)23-13-20-16-7-4-10-19-17(16)23/h1-7,10,13,15H,8-9,11-12H2,(H,21,24). The van der Waals surface area contributed by atoms with Crippen LogP contribution in [0.15, 0.2) is 55.0 Å². The van der Waals surface area contributed by atoms with E-state index in [4.69, 9.17) is 0 Å². The summed E-state index contributed by atoms with van der Waals surface area (Å²) in [6.07, 6.45) is 5.47. The van der Waals surface area contributed by atoms with Gasteiger partial charge in [-0.15, -0.1) is 0 Å². The van der Waals surface area contributed by atoms with Crippen LogP contribution in [0.4, 0.5) is 10.5 Å². The van der Waals surface area contributed by atoms with Gasteiger partial charge in [0.25, 0.3) is 0 Å². The van der Waals surface area contributed by atoms with Crippen LogP contribution in [0.1, 0.15) is 18.9 Å². The van der Waals surface area contributed by atoms with Crippen molar-refractivity contribution in [2.24, 2.45) is 0 Å². The Bertz CT molecular complexity index is 837. The van der Waals surface area contributed by atoms with Crippen molar-refractivity contribution in [2.75, 3.05) is 18.4 Å². The van der Waals surface area contributed by atoms with Crippen molar-refractivity contribution in [3.8, 4) is 0 Å². The molecule has 1 fully saturated rings. The molecule has 0 aliphatic carbocycles. The van der Waals surface area contributed by atoms with Crippen LogP contribution in [0.5, 0.6) is 0 Å². The summed E-state index contributed by atoms with van der Waals surface area (Å²) >= 11 is 0. The number of urea groups is 1. The van der Waals surface area contributed by atoms with Crippen molar-refractivity contribution < 1.29 is 4.79 Å². The second-order valence-electron chi connectivity index (χ2n) is 6.01. The zero-order valence-electron chi connectivity index (χ0n) is 13.3. The van der Waals surface area contributed by atoms with E-state index in [0.717, 1.165) is 42.8 Å². The maximum atomic E-state index is 12.4. The number of rotatable bonds is 2. The van der Waals surface area contributed by atoms with E-state index in [0.29, 0.717) is 6.04 Å². The first-order valence-corrected chi connectivity index (χ1v) is 8.20. The van der Waals surface area contributed by atoms with Gasteiger partial charge in [0.05, 0.1) is 6.33 Å². The Morgan fingerprint density at radius 2 is 1.83 bits per heavy atom. The van der Waals surface area contributed by atoms with E-state index in [1.807, 2.05) is 53.7 Å². The molecule has 1 aromatic carbocycles. The molecule has 6 nitrogen and oxygen atoms in total. The first-order chi connectivity index (χ1) is 11.8. The molecule has 0 unspecified atom stereocenters. The number of carbonyl (C=O) groups is 1. The summed E-state index contributed by atoms with van der Waals surface area (Å²) in [6, 6.07) is 13.7. The predicted octanol–water partition coefficient (Wildman–Crippen LogP) is 3.30. The van der Waals surface area contributed by atoms with Gasteiger partial charge in [-0.2, -0.15) is 0 Å². The molecule has 3 aromatic rings. The summed E-state index contributed by atoms with van der Waals surface area (Å²) < 4.78 is 2.14. The molecule has 122 valence electrons. The summed E-state index contributed by atoms with van der Waals surface area (Å²) in [5, 5.41) is 2.95. The fraction of sp³-hybridized carbons (Fsp3) is 0.278. The number of pyridine rings is 1. The van der Waals surface area contributed by atoms with Crippen LogP contribution in [-0.2, 0) is 0 Å². The van der Waals surface area contributed by atoms with Gasteiger partial charge in [0.1, 0.15) is 5.52 Å². The lowest BCUT2D eigenvalue weighted by Crippen LogP contribution is -2.41. The lowest BCUT2D eigenvalue weighted by atomic mass is 10.1. The second kappa shape index (κ2) is 6.31. The molecule has 1 N–H and O–H groups in total. The Kier molecular flexibility index (Phi) is 3.86. The third kappa shape index (κ3) is 2.82. The van der Waals surface area contributed by atoms with E-state index < -0.39 is 0 Å². The number of hydrogen-bond donors (Lipinski definition) is 1.